The maximum Gasteiger partial charge on any atom is 0.408 e. The number of benzene rings is 2. The van der Waals surface area contributed by atoms with Gasteiger partial charge in [-0.3, -0.25) is 9.59 Å². The Kier molecular flexibility index (Phi) is 9.95. The third-order valence-electron chi connectivity index (χ3n) is 5.94. The van der Waals surface area contributed by atoms with Crippen molar-refractivity contribution in [3.05, 3.63) is 71.8 Å². The molecule has 1 fully saturated rings. The Morgan fingerprint density at radius 3 is 1.93 bits per heavy atom. The molecule has 1 saturated carbocycles. The lowest BCUT2D eigenvalue weighted by Gasteiger charge is -2.33. The van der Waals surface area contributed by atoms with Gasteiger partial charge in [0.15, 0.2) is 0 Å². The van der Waals surface area contributed by atoms with E-state index < -0.39 is 47.2 Å². The van der Waals surface area contributed by atoms with Gasteiger partial charge in [0.05, 0.1) is 0 Å². The van der Waals surface area contributed by atoms with Crippen molar-refractivity contribution in [2.45, 2.75) is 90.1 Å². The van der Waals surface area contributed by atoms with Crippen LogP contribution in [-0.2, 0) is 30.3 Å². The average Bonchev–Trinajstić information content (AvgIpc) is 3.69. The van der Waals surface area contributed by atoms with Crippen LogP contribution in [0.5, 0.6) is 0 Å². The number of nitrogens with one attached hydrogen (secondary N) is 2. The Hall–Kier alpha value is -3.88. The fourth-order valence-corrected chi connectivity index (χ4v) is 4.20. The van der Waals surface area contributed by atoms with Crippen molar-refractivity contribution in [1.82, 2.24) is 15.5 Å². The Balaban J connectivity index is 1.88. The summed E-state index contributed by atoms with van der Waals surface area (Å²) in [7, 11) is 0. The summed E-state index contributed by atoms with van der Waals surface area (Å²) in [6.07, 6.45) is 0.966. The van der Waals surface area contributed by atoms with Crippen molar-refractivity contribution in [1.29, 1.82) is 0 Å². The molecule has 1 aliphatic carbocycles. The van der Waals surface area contributed by atoms with Crippen LogP contribution < -0.4 is 10.6 Å². The summed E-state index contributed by atoms with van der Waals surface area (Å²) in [5.74, 6) is -1.49. The zero-order valence-corrected chi connectivity index (χ0v) is 24.2. The fourth-order valence-electron chi connectivity index (χ4n) is 4.20. The lowest BCUT2D eigenvalue weighted by molar-refractivity contribution is -0.159. The minimum Gasteiger partial charge on any atom is -0.458 e. The van der Waals surface area contributed by atoms with Crippen molar-refractivity contribution in [2.75, 3.05) is 6.54 Å². The van der Waals surface area contributed by atoms with Crippen LogP contribution in [0, 0.1) is 0 Å². The molecule has 2 unspecified atom stereocenters. The molecule has 40 heavy (non-hydrogen) atoms. The van der Waals surface area contributed by atoms with Crippen LogP contribution in [0.15, 0.2) is 60.7 Å². The van der Waals surface area contributed by atoms with E-state index in [1.807, 2.05) is 36.4 Å². The van der Waals surface area contributed by atoms with Crippen LogP contribution in [0.1, 0.15) is 71.6 Å². The molecule has 2 N–H and O–H groups in total. The van der Waals surface area contributed by atoms with Gasteiger partial charge in [0.2, 0.25) is 11.8 Å². The van der Waals surface area contributed by atoms with E-state index in [-0.39, 0.29) is 19.0 Å². The summed E-state index contributed by atoms with van der Waals surface area (Å²) in [5, 5.41) is 5.39. The molecule has 0 radical (unpaired) electrons. The van der Waals surface area contributed by atoms with E-state index in [0.717, 1.165) is 18.4 Å². The maximum absolute atomic E-state index is 14.0. The molecular formula is C31H41N3O6. The largest absolute Gasteiger partial charge is 0.458 e. The molecule has 3 rings (SSSR count). The molecule has 0 spiro atoms. The first-order chi connectivity index (χ1) is 18.7. The Bertz CT molecular complexity index is 1170. The van der Waals surface area contributed by atoms with Gasteiger partial charge < -0.3 is 25.0 Å². The number of nitrogens with zero attached hydrogens (tertiary/aromatic N) is 1. The first kappa shape index (κ1) is 30.7. The van der Waals surface area contributed by atoms with E-state index in [2.05, 4.69) is 10.6 Å². The van der Waals surface area contributed by atoms with E-state index in [9.17, 15) is 19.2 Å². The van der Waals surface area contributed by atoms with Crippen LogP contribution in [0.3, 0.4) is 0 Å². The lowest BCUT2D eigenvalue weighted by Crippen LogP contribution is -2.52. The number of carbonyl (C=O) groups is 4. The fraction of sp³-hybridized carbons (Fsp3) is 0.484. The van der Waals surface area contributed by atoms with Gasteiger partial charge in [0.25, 0.3) is 0 Å². The number of esters is 1. The van der Waals surface area contributed by atoms with Crippen molar-refractivity contribution in [3.63, 3.8) is 0 Å². The predicted octanol–water partition coefficient (Wildman–Crippen LogP) is 4.31. The van der Waals surface area contributed by atoms with Crippen LogP contribution >= 0.6 is 0 Å². The molecule has 9 heteroatoms. The van der Waals surface area contributed by atoms with E-state index in [1.54, 1.807) is 65.8 Å². The normalized spacial score (nSPS) is 14.8. The second kappa shape index (κ2) is 13.0. The molecule has 9 nitrogen and oxygen atoms in total. The smallest absolute Gasteiger partial charge is 0.408 e. The zero-order valence-electron chi connectivity index (χ0n) is 24.2. The van der Waals surface area contributed by atoms with Crippen LogP contribution in [0.4, 0.5) is 4.79 Å². The van der Waals surface area contributed by atoms with Crippen molar-refractivity contribution in [2.24, 2.45) is 0 Å². The highest BCUT2D eigenvalue weighted by atomic mass is 16.6. The summed E-state index contributed by atoms with van der Waals surface area (Å²) < 4.78 is 10.9. The summed E-state index contributed by atoms with van der Waals surface area (Å²) in [4.78, 5) is 54.4. The molecule has 2 atom stereocenters. The minimum absolute atomic E-state index is 0.169. The summed E-state index contributed by atoms with van der Waals surface area (Å²) in [5.41, 5.74) is -0.0174. The molecular weight excluding hydrogens is 510 g/mol. The first-order valence-electron chi connectivity index (χ1n) is 13.6. The Morgan fingerprint density at radius 2 is 1.40 bits per heavy atom. The van der Waals surface area contributed by atoms with Crippen molar-refractivity contribution in [3.8, 4) is 0 Å². The van der Waals surface area contributed by atoms with E-state index in [1.165, 1.54) is 4.90 Å². The van der Waals surface area contributed by atoms with E-state index in [4.69, 9.17) is 9.47 Å². The zero-order chi connectivity index (χ0) is 29.5. The van der Waals surface area contributed by atoms with Gasteiger partial charge in [0, 0.05) is 12.5 Å². The summed E-state index contributed by atoms with van der Waals surface area (Å²) in [6, 6.07) is 16.1. The van der Waals surface area contributed by atoms with Gasteiger partial charge in [-0.1, -0.05) is 60.7 Å². The van der Waals surface area contributed by atoms with Gasteiger partial charge >= 0.3 is 12.1 Å². The minimum atomic E-state index is -1.01. The van der Waals surface area contributed by atoms with Gasteiger partial charge in [-0.15, -0.1) is 0 Å². The number of rotatable bonds is 10. The molecule has 2 aromatic rings. The third-order valence-corrected chi connectivity index (χ3v) is 5.94. The number of hydrogen-bond acceptors (Lipinski definition) is 6. The third kappa shape index (κ3) is 9.70. The summed E-state index contributed by atoms with van der Waals surface area (Å²) in [6.45, 7) is 10.2. The molecule has 0 aliphatic heterocycles. The Labute approximate surface area is 236 Å². The number of ether oxygens (including phenoxy) is 2. The highest BCUT2D eigenvalue weighted by molar-refractivity contribution is 5.93. The number of amides is 3. The molecule has 2 aromatic carbocycles. The number of carbonyl (C=O) groups excluding carboxylic acids is 4. The summed E-state index contributed by atoms with van der Waals surface area (Å²) >= 11 is 0. The highest BCUT2D eigenvalue weighted by Gasteiger charge is 2.42. The van der Waals surface area contributed by atoms with Crippen LogP contribution in [0.25, 0.3) is 0 Å². The second-order valence-electron chi connectivity index (χ2n) is 12.0. The second-order valence-corrected chi connectivity index (χ2v) is 12.0. The molecule has 0 heterocycles. The molecule has 216 valence electrons. The molecule has 0 saturated heterocycles. The average molecular weight is 552 g/mol. The van der Waals surface area contributed by atoms with Gasteiger partial charge in [-0.05, 0) is 65.5 Å². The topological polar surface area (TPSA) is 114 Å². The molecule has 1 aliphatic rings. The van der Waals surface area contributed by atoms with Crippen molar-refractivity contribution < 1.29 is 28.7 Å². The van der Waals surface area contributed by atoms with E-state index in [0.29, 0.717) is 5.56 Å². The highest BCUT2D eigenvalue weighted by Crippen LogP contribution is 2.35. The predicted molar refractivity (Wildman–Crippen MR) is 151 cm³/mol. The number of alkyl carbamates (subject to hydrolysis) is 1. The quantitative estimate of drug-likeness (QED) is 0.426. The molecule has 0 bridgehead atoms. The standard InChI is InChI=1S/C31H41N3O6/c1-30(2,3)39-28(37)24(19-21-13-9-7-10-14-21)33-27(36)26(22-15-11-8-12-16-22)34(23-17-18-23)25(35)20-32-29(38)40-31(4,5)6/h7-16,23-24,26H,17-20H2,1-6H3,(H,32,38)(H,33,36). The van der Waals surface area contributed by atoms with Gasteiger partial charge in [0.1, 0.15) is 29.8 Å². The first-order valence-corrected chi connectivity index (χ1v) is 13.6. The van der Waals surface area contributed by atoms with E-state index >= 15 is 0 Å². The lowest BCUT2D eigenvalue weighted by atomic mass is 10.0. The SMILES string of the molecule is CC(C)(C)OC(=O)NCC(=O)N(C1CC1)C(C(=O)NC(Cc1ccccc1)C(=O)OC(C)(C)C)c1ccccc1. The van der Waals surface area contributed by atoms with Gasteiger partial charge in [-0.2, -0.15) is 0 Å². The van der Waals surface area contributed by atoms with Crippen LogP contribution in [-0.4, -0.2) is 58.6 Å². The van der Waals surface area contributed by atoms with Crippen LogP contribution in [0.2, 0.25) is 0 Å². The van der Waals surface area contributed by atoms with Crippen molar-refractivity contribution >= 4 is 23.9 Å². The van der Waals surface area contributed by atoms with Gasteiger partial charge in [-0.25, -0.2) is 9.59 Å². The Morgan fingerprint density at radius 1 is 0.850 bits per heavy atom. The molecule has 0 aromatic heterocycles. The maximum atomic E-state index is 14.0. The number of hydrogen-bond donors (Lipinski definition) is 2. The monoisotopic (exact) mass is 551 g/mol. The molecule has 3 amide bonds.